The third-order valence-corrected chi connectivity index (χ3v) is 3.56. The van der Waals surface area contributed by atoms with E-state index in [0.717, 1.165) is 26.2 Å². The van der Waals surface area contributed by atoms with Gasteiger partial charge < -0.3 is 10.4 Å². The maximum Gasteiger partial charge on any atom is 0.0628 e. The number of nitrogens with one attached hydrogen (secondary N) is 1. The molecule has 1 atom stereocenters. The van der Waals surface area contributed by atoms with Crippen LogP contribution in [0.5, 0.6) is 0 Å². The van der Waals surface area contributed by atoms with Gasteiger partial charge in [0, 0.05) is 26.2 Å². The van der Waals surface area contributed by atoms with Crippen molar-refractivity contribution >= 4 is 0 Å². The lowest BCUT2D eigenvalue weighted by Gasteiger charge is -2.35. The van der Waals surface area contributed by atoms with Crippen molar-refractivity contribution in [3.63, 3.8) is 0 Å². The topological polar surface area (TPSA) is 35.5 Å². The minimum atomic E-state index is 0.150. The fourth-order valence-corrected chi connectivity index (χ4v) is 2.52. The quantitative estimate of drug-likeness (QED) is 0.826. The highest BCUT2D eigenvalue weighted by Crippen LogP contribution is 2.24. The summed E-state index contributed by atoms with van der Waals surface area (Å²) in [6.07, 6.45) is 0. The fourth-order valence-electron chi connectivity index (χ4n) is 2.52. The van der Waals surface area contributed by atoms with Gasteiger partial charge in [0.25, 0.3) is 0 Å². The van der Waals surface area contributed by atoms with Crippen molar-refractivity contribution in [3.05, 3.63) is 34.9 Å². The molecule has 1 fully saturated rings. The summed E-state index contributed by atoms with van der Waals surface area (Å²) in [6.45, 7) is 8.49. The van der Waals surface area contributed by atoms with E-state index in [4.69, 9.17) is 0 Å². The average molecular weight is 234 g/mol. The van der Waals surface area contributed by atoms with Gasteiger partial charge in [0.1, 0.15) is 0 Å². The summed E-state index contributed by atoms with van der Waals surface area (Å²) in [4.78, 5) is 2.37. The molecule has 3 heteroatoms. The zero-order chi connectivity index (χ0) is 12.3. The lowest BCUT2D eigenvalue weighted by molar-refractivity contribution is 0.110. The molecular weight excluding hydrogens is 212 g/mol. The monoisotopic (exact) mass is 234 g/mol. The van der Waals surface area contributed by atoms with Crippen LogP contribution in [0.25, 0.3) is 0 Å². The first-order chi connectivity index (χ1) is 8.22. The van der Waals surface area contributed by atoms with Crippen molar-refractivity contribution in [2.75, 3.05) is 32.8 Å². The van der Waals surface area contributed by atoms with Crippen LogP contribution >= 0.6 is 0 Å². The summed E-state index contributed by atoms with van der Waals surface area (Å²) in [5.41, 5.74) is 3.81. The van der Waals surface area contributed by atoms with E-state index in [2.05, 4.69) is 42.3 Å². The Morgan fingerprint density at radius 3 is 2.65 bits per heavy atom. The van der Waals surface area contributed by atoms with Gasteiger partial charge in [0.05, 0.1) is 12.6 Å². The van der Waals surface area contributed by atoms with E-state index >= 15 is 0 Å². The molecule has 0 aromatic heterocycles. The third-order valence-electron chi connectivity index (χ3n) is 3.56. The lowest BCUT2D eigenvalue weighted by atomic mass is 9.98. The van der Waals surface area contributed by atoms with Crippen LogP contribution in [-0.4, -0.2) is 42.8 Å². The highest BCUT2D eigenvalue weighted by atomic mass is 16.3. The van der Waals surface area contributed by atoms with Crippen LogP contribution in [0.4, 0.5) is 0 Å². The number of benzene rings is 1. The van der Waals surface area contributed by atoms with E-state index in [1.54, 1.807) is 0 Å². The van der Waals surface area contributed by atoms with Crippen LogP contribution < -0.4 is 5.32 Å². The Morgan fingerprint density at radius 2 is 2.00 bits per heavy atom. The van der Waals surface area contributed by atoms with Crippen molar-refractivity contribution in [2.24, 2.45) is 0 Å². The van der Waals surface area contributed by atoms with Gasteiger partial charge in [-0.3, -0.25) is 4.90 Å². The number of nitrogens with zero attached hydrogens (tertiary/aromatic N) is 1. The van der Waals surface area contributed by atoms with Gasteiger partial charge in [-0.1, -0.05) is 23.8 Å². The first-order valence-corrected chi connectivity index (χ1v) is 6.35. The molecule has 1 aliphatic heterocycles. The zero-order valence-corrected chi connectivity index (χ0v) is 10.7. The molecule has 0 spiro atoms. The minimum Gasteiger partial charge on any atom is -0.394 e. The number of aliphatic hydroxyl groups is 1. The van der Waals surface area contributed by atoms with Gasteiger partial charge in [0.15, 0.2) is 0 Å². The summed E-state index contributed by atoms with van der Waals surface area (Å²) < 4.78 is 0. The minimum absolute atomic E-state index is 0.150. The predicted molar refractivity (Wildman–Crippen MR) is 70.2 cm³/mol. The van der Waals surface area contributed by atoms with E-state index in [-0.39, 0.29) is 12.6 Å². The summed E-state index contributed by atoms with van der Waals surface area (Å²) in [7, 11) is 0. The number of aliphatic hydroxyl groups excluding tert-OH is 1. The number of hydrogen-bond donors (Lipinski definition) is 2. The molecule has 17 heavy (non-hydrogen) atoms. The van der Waals surface area contributed by atoms with Gasteiger partial charge in [-0.2, -0.15) is 0 Å². The zero-order valence-electron chi connectivity index (χ0n) is 10.7. The van der Waals surface area contributed by atoms with Crippen LogP contribution in [0.1, 0.15) is 22.7 Å². The molecule has 2 N–H and O–H groups in total. The Bertz CT molecular complexity index is 372. The molecule has 0 aliphatic carbocycles. The molecule has 1 unspecified atom stereocenters. The molecule has 0 amide bonds. The number of hydrogen-bond acceptors (Lipinski definition) is 3. The molecule has 94 valence electrons. The molecule has 1 aliphatic rings. The first-order valence-electron chi connectivity index (χ1n) is 6.35. The van der Waals surface area contributed by atoms with Gasteiger partial charge in [-0.25, -0.2) is 0 Å². The second kappa shape index (κ2) is 5.63. The van der Waals surface area contributed by atoms with E-state index in [0.29, 0.717) is 0 Å². The van der Waals surface area contributed by atoms with Gasteiger partial charge in [0.2, 0.25) is 0 Å². The van der Waals surface area contributed by atoms with Crippen molar-refractivity contribution in [3.8, 4) is 0 Å². The lowest BCUT2D eigenvalue weighted by Crippen LogP contribution is -2.46. The first kappa shape index (κ1) is 12.6. The van der Waals surface area contributed by atoms with E-state index in [1.165, 1.54) is 16.7 Å². The second-order valence-corrected chi connectivity index (χ2v) is 4.84. The maximum atomic E-state index is 9.68. The van der Waals surface area contributed by atoms with Gasteiger partial charge >= 0.3 is 0 Å². The van der Waals surface area contributed by atoms with Crippen LogP contribution in [0.15, 0.2) is 18.2 Å². The molecule has 1 aromatic rings. The maximum absolute atomic E-state index is 9.68. The van der Waals surface area contributed by atoms with Gasteiger partial charge in [-0.05, 0) is 25.0 Å². The predicted octanol–water partition coefficient (Wildman–Crippen LogP) is 1.24. The molecular formula is C14H22N2O. The average Bonchev–Trinajstić information content (AvgIpc) is 2.36. The van der Waals surface area contributed by atoms with Crippen LogP contribution in [0.3, 0.4) is 0 Å². The Morgan fingerprint density at radius 1 is 1.29 bits per heavy atom. The van der Waals surface area contributed by atoms with Crippen LogP contribution in [0.2, 0.25) is 0 Å². The summed E-state index contributed by atoms with van der Waals surface area (Å²) in [5.74, 6) is 0. The van der Waals surface area contributed by atoms with E-state index < -0.39 is 0 Å². The van der Waals surface area contributed by atoms with Crippen molar-refractivity contribution in [1.82, 2.24) is 10.2 Å². The van der Waals surface area contributed by atoms with Crippen LogP contribution in [-0.2, 0) is 0 Å². The van der Waals surface area contributed by atoms with Gasteiger partial charge in [-0.15, -0.1) is 0 Å². The third kappa shape index (κ3) is 2.86. The number of aryl methyl sites for hydroxylation is 2. The number of rotatable bonds is 3. The highest BCUT2D eigenvalue weighted by molar-refractivity contribution is 5.33. The van der Waals surface area contributed by atoms with Crippen molar-refractivity contribution < 1.29 is 5.11 Å². The number of piperazine rings is 1. The van der Waals surface area contributed by atoms with E-state index in [1.807, 2.05) is 0 Å². The van der Waals surface area contributed by atoms with Crippen molar-refractivity contribution in [2.45, 2.75) is 19.9 Å². The normalized spacial score (nSPS) is 19.2. The Hall–Kier alpha value is -0.900. The standard InChI is InChI=1S/C14H22N2O/c1-11-3-4-12(2)13(9-11)14(10-17)16-7-5-15-6-8-16/h3-4,9,14-15,17H,5-8,10H2,1-2H3. The Balaban J connectivity index is 2.24. The molecule has 0 bridgehead atoms. The fraction of sp³-hybridized carbons (Fsp3) is 0.571. The second-order valence-electron chi connectivity index (χ2n) is 4.84. The van der Waals surface area contributed by atoms with Crippen molar-refractivity contribution in [1.29, 1.82) is 0 Å². The summed E-state index contributed by atoms with van der Waals surface area (Å²) in [6, 6.07) is 6.63. The summed E-state index contributed by atoms with van der Waals surface area (Å²) in [5, 5.41) is 13.0. The molecule has 0 radical (unpaired) electrons. The Kier molecular flexibility index (Phi) is 4.15. The molecule has 1 aromatic carbocycles. The Labute approximate surface area is 103 Å². The molecule has 0 saturated carbocycles. The van der Waals surface area contributed by atoms with E-state index in [9.17, 15) is 5.11 Å². The smallest absolute Gasteiger partial charge is 0.0628 e. The molecule has 2 rings (SSSR count). The SMILES string of the molecule is Cc1ccc(C)c(C(CO)N2CCNCC2)c1. The molecule has 3 nitrogen and oxygen atoms in total. The molecule has 1 saturated heterocycles. The summed E-state index contributed by atoms with van der Waals surface area (Å²) >= 11 is 0. The largest absolute Gasteiger partial charge is 0.394 e. The molecule has 1 heterocycles. The van der Waals surface area contributed by atoms with Crippen LogP contribution in [0, 0.1) is 13.8 Å². The highest BCUT2D eigenvalue weighted by Gasteiger charge is 2.22.